The Morgan fingerprint density at radius 1 is 0.862 bits per heavy atom. The van der Waals surface area contributed by atoms with Crippen molar-refractivity contribution in [1.82, 2.24) is 10.2 Å². The molecule has 0 spiro atoms. The summed E-state index contributed by atoms with van der Waals surface area (Å²) in [6.45, 7) is 3.16. The molecule has 5 rings (SSSR count). The minimum absolute atomic E-state index is 0.0952. The van der Waals surface area contributed by atoms with Gasteiger partial charge in [0.05, 0.1) is 6.54 Å². The van der Waals surface area contributed by atoms with Crippen molar-refractivity contribution in [2.75, 3.05) is 18.5 Å². The van der Waals surface area contributed by atoms with Crippen LogP contribution in [-0.2, 0) is 0 Å². The smallest absolute Gasteiger partial charge is 0.161 e. The summed E-state index contributed by atoms with van der Waals surface area (Å²) < 4.78 is 11.8. The largest absolute Gasteiger partial charge is 0.486 e. The predicted molar refractivity (Wildman–Crippen MR) is 115 cm³/mol. The third kappa shape index (κ3) is 3.47. The summed E-state index contributed by atoms with van der Waals surface area (Å²) in [6.07, 6.45) is -0.0952. The quantitative estimate of drug-likeness (QED) is 0.546. The highest BCUT2D eigenvalue weighted by atomic mass is 16.6. The molecular formula is C24H21N3O2. The van der Waals surface area contributed by atoms with Crippen molar-refractivity contribution in [1.29, 1.82) is 0 Å². The monoisotopic (exact) mass is 383 g/mol. The molecule has 144 valence electrons. The fourth-order valence-electron chi connectivity index (χ4n) is 3.53. The van der Waals surface area contributed by atoms with E-state index in [1.807, 2.05) is 36.4 Å². The zero-order valence-corrected chi connectivity index (χ0v) is 16.1. The summed E-state index contributed by atoms with van der Waals surface area (Å²) in [7, 11) is 0. The molecular weight excluding hydrogens is 362 g/mol. The van der Waals surface area contributed by atoms with Crippen LogP contribution in [0.5, 0.6) is 11.5 Å². The second-order valence-electron chi connectivity index (χ2n) is 7.19. The van der Waals surface area contributed by atoms with Crippen LogP contribution >= 0.6 is 0 Å². The van der Waals surface area contributed by atoms with Crippen LogP contribution in [0.15, 0.2) is 72.8 Å². The highest BCUT2D eigenvalue weighted by Crippen LogP contribution is 2.32. The molecule has 2 heterocycles. The molecule has 0 unspecified atom stereocenters. The number of rotatable bonds is 4. The van der Waals surface area contributed by atoms with E-state index in [-0.39, 0.29) is 6.10 Å². The normalized spacial score (nSPS) is 15.3. The van der Waals surface area contributed by atoms with Crippen molar-refractivity contribution >= 4 is 16.6 Å². The van der Waals surface area contributed by atoms with Crippen LogP contribution in [-0.4, -0.2) is 29.5 Å². The van der Waals surface area contributed by atoms with Gasteiger partial charge in [0, 0.05) is 16.3 Å². The van der Waals surface area contributed by atoms with Crippen LogP contribution in [0.1, 0.15) is 5.56 Å². The van der Waals surface area contributed by atoms with Gasteiger partial charge in [0.1, 0.15) is 18.4 Å². The summed E-state index contributed by atoms with van der Waals surface area (Å²) in [5, 5.41) is 14.5. The molecule has 0 aliphatic carbocycles. The predicted octanol–water partition coefficient (Wildman–Crippen LogP) is 4.86. The fraction of sp³-hybridized carbons (Fsp3) is 0.167. The second kappa shape index (κ2) is 7.43. The van der Waals surface area contributed by atoms with Crippen LogP contribution in [0.25, 0.3) is 22.0 Å². The highest BCUT2D eigenvalue weighted by molar-refractivity contribution is 6.00. The maximum absolute atomic E-state index is 6.03. The fourth-order valence-corrected chi connectivity index (χ4v) is 3.53. The molecule has 0 saturated carbocycles. The van der Waals surface area contributed by atoms with Crippen LogP contribution in [0.2, 0.25) is 0 Å². The van der Waals surface area contributed by atoms with Gasteiger partial charge in [-0.2, -0.15) is 0 Å². The van der Waals surface area contributed by atoms with Crippen molar-refractivity contribution in [3.05, 3.63) is 78.4 Å². The van der Waals surface area contributed by atoms with E-state index in [9.17, 15) is 0 Å². The summed E-state index contributed by atoms with van der Waals surface area (Å²) in [4.78, 5) is 0. The molecule has 1 N–H and O–H groups in total. The first kappa shape index (κ1) is 17.5. The topological polar surface area (TPSA) is 56.3 Å². The van der Waals surface area contributed by atoms with Crippen molar-refractivity contribution in [3.63, 3.8) is 0 Å². The van der Waals surface area contributed by atoms with Gasteiger partial charge in [0.15, 0.2) is 17.3 Å². The zero-order chi connectivity index (χ0) is 19.6. The molecule has 0 radical (unpaired) electrons. The maximum atomic E-state index is 6.03. The highest BCUT2D eigenvalue weighted by Gasteiger charge is 2.21. The van der Waals surface area contributed by atoms with Gasteiger partial charge in [0.2, 0.25) is 0 Å². The standard InChI is InChI=1S/C24H21N3O2/c1-16-10-12-17(13-11-16)23-19-6-2-3-7-20(19)24(27-26-23)25-14-18-15-28-21-8-4-5-9-22(21)29-18/h2-13,18H,14-15H2,1H3,(H,25,27)/t18-/m1/s1. The van der Waals surface area contributed by atoms with Crippen LogP contribution in [0, 0.1) is 6.92 Å². The molecule has 5 nitrogen and oxygen atoms in total. The van der Waals surface area contributed by atoms with Gasteiger partial charge in [-0.15, -0.1) is 10.2 Å². The number of nitrogens with one attached hydrogen (secondary N) is 1. The minimum atomic E-state index is -0.0952. The van der Waals surface area contributed by atoms with E-state index in [1.54, 1.807) is 0 Å². The summed E-state index contributed by atoms with van der Waals surface area (Å²) >= 11 is 0. The molecule has 29 heavy (non-hydrogen) atoms. The van der Waals surface area contributed by atoms with Crippen molar-refractivity contribution in [2.24, 2.45) is 0 Å². The number of aryl methyl sites for hydroxylation is 1. The number of ether oxygens (including phenoxy) is 2. The van der Waals surface area contributed by atoms with Gasteiger partial charge in [-0.3, -0.25) is 0 Å². The first-order chi connectivity index (χ1) is 14.3. The number of para-hydroxylation sites is 2. The number of aromatic nitrogens is 2. The van der Waals surface area contributed by atoms with E-state index in [0.717, 1.165) is 39.3 Å². The Labute approximate surface area is 169 Å². The Morgan fingerprint density at radius 3 is 2.41 bits per heavy atom. The second-order valence-corrected chi connectivity index (χ2v) is 7.19. The van der Waals surface area contributed by atoms with E-state index in [2.05, 4.69) is 58.8 Å². The van der Waals surface area contributed by atoms with Crippen molar-refractivity contribution in [3.8, 4) is 22.8 Å². The van der Waals surface area contributed by atoms with E-state index < -0.39 is 0 Å². The molecule has 4 aromatic rings. The average molecular weight is 383 g/mol. The lowest BCUT2D eigenvalue weighted by molar-refractivity contribution is 0.0997. The van der Waals surface area contributed by atoms with Crippen molar-refractivity contribution in [2.45, 2.75) is 13.0 Å². The lowest BCUT2D eigenvalue weighted by atomic mass is 10.0. The average Bonchev–Trinajstić information content (AvgIpc) is 2.78. The van der Waals surface area contributed by atoms with Crippen molar-refractivity contribution < 1.29 is 9.47 Å². The molecule has 0 bridgehead atoms. The number of hydrogen-bond acceptors (Lipinski definition) is 5. The van der Waals surface area contributed by atoms with E-state index in [1.165, 1.54) is 5.56 Å². The Kier molecular flexibility index (Phi) is 4.48. The molecule has 0 amide bonds. The number of anilines is 1. The number of fused-ring (bicyclic) bond motifs is 2. The summed E-state index contributed by atoms with van der Waals surface area (Å²) in [5.41, 5.74) is 3.17. The number of nitrogens with zero attached hydrogens (tertiary/aromatic N) is 2. The Morgan fingerprint density at radius 2 is 1.59 bits per heavy atom. The Balaban J connectivity index is 1.40. The number of benzene rings is 3. The van der Waals surface area contributed by atoms with Gasteiger partial charge >= 0.3 is 0 Å². The van der Waals surface area contributed by atoms with Gasteiger partial charge in [0.25, 0.3) is 0 Å². The first-order valence-electron chi connectivity index (χ1n) is 9.73. The van der Waals surface area contributed by atoms with Gasteiger partial charge < -0.3 is 14.8 Å². The molecule has 1 aromatic heterocycles. The van der Waals surface area contributed by atoms with Gasteiger partial charge in [-0.25, -0.2) is 0 Å². The Bertz CT molecular complexity index is 1160. The van der Waals surface area contributed by atoms with Crippen LogP contribution < -0.4 is 14.8 Å². The Hall–Kier alpha value is -3.60. The van der Waals surface area contributed by atoms with Gasteiger partial charge in [-0.05, 0) is 19.1 Å². The van der Waals surface area contributed by atoms with E-state index in [4.69, 9.17) is 9.47 Å². The zero-order valence-electron chi connectivity index (χ0n) is 16.1. The maximum Gasteiger partial charge on any atom is 0.161 e. The third-order valence-corrected chi connectivity index (χ3v) is 5.08. The number of hydrogen-bond donors (Lipinski definition) is 1. The third-order valence-electron chi connectivity index (χ3n) is 5.08. The van der Waals surface area contributed by atoms with E-state index >= 15 is 0 Å². The SMILES string of the molecule is Cc1ccc(-c2nnc(NC[C@@H]3COc4ccccc4O3)c3ccccc23)cc1. The van der Waals surface area contributed by atoms with Gasteiger partial charge in [-0.1, -0.05) is 66.2 Å². The molecule has 0 saturated heterocycles. The summed E-state index contributed by atoms with van der Waals surface area (Å²) in [5.74, 6) is 2.31. The summed E-state index contributed by atoms with van der Waals surface area (Å²) in [6, 6.07) is 24.3. The lowest BCUT2D eigenvalue weighted by Crippen LogP contribution is -2.35. The van der Waals surface area contributed by atoms with Crippen LogP contribution in [0.3, 0.4) is 0 Å². The van der Waals surface area contributed by atoms with Crippen LogP contribution in [0.4, 0.5) is 5.82 Å². The first-order valence-corrected chi connectivity index (χ1v) is 9.73. The lowest BCUT2D eigenvalue weighted by Gasteiger charge is -2.26. The molecule has 0 fully saturated rings. The minimum Gasteiger partial charge on any atom is -0.486 e. The molecule has 1 aliphatic heterocycles. The molecule has 3 aromatic carbocycles. The molecule has 1 atom stereocenters. The molecule has 5 heteroatoms. The van der Waals surface area contributed by atoms with E-state index in [0.29, 0.717) is 13.2 Å². The molecule has 1 aliphatic rings.